The zero-order valence-electron chi connectivity index (χ0n) is 11.4. The Kier molecular flexibility index (Phi) is 3.25. The molecular formula is C15H18N4. The van der Waals surface area contributed by atoms with Gasteiger partial charge in [0.2, 0.25) is 0 Å². The zero-order valence-corrected chi connectivity index (χ0v) is 11.4. The molecule has 0 atom stereocenters. The summed E-state index contributed by atoms with van der Waals surface area (Å²) in [6.45, 7) is 6.06. The average Bonchev–Trinajstić information content (AvgIpc) is 2.46. The third-order valence-electron chi connectivity index (χ3n) is 3.58. The highest BCUT2D eigenvalue weighted by Gasteiger charge is 2.18. The monoisotopic (exact) mass is 254 g/mol. The SMILES string of the molecule is CCc1nc(-c2ncccc2C)nc2c1CCNC2. The Morgan fingerprint density at radius 2 is 2.21 bits per heavy atom. The molecule has 2 aromatic heterocycles. The lowest BCUT2D eigenvalue weighted by atomic mass is 10.0. The van der Waals surface area contributed by atoms with Gasteiger partial charge in [-0.2, -0.15) is 0 Å². The van der Waals surface area contributed by atoms with Crippen molar-refractivity contribution in [3.63, 3.8) is 0 Å². The highest BCUT2D eigenvalue weighted by molar-refractivity contribution is 5.55. The number of nitrogens with one attached hydrogen (secondary N) is 1. The molecule has 0 bridgehead atoms. The van der Waals surface area contributed by atoms with Gasteiger partial charge in [0.15, 0.2) is 5.82 Å². The van der Waals surface area contributed by atoms with Crippen LogP contribution in [0.1, 0.15) is 29.4 Å². The summed E-state index contributed by atoms with van der Waals surface area (Å²) in [6, 6.07) is 3.99. The Morgan fingerprint density at radius 3 is 3.00 bits per heavy atom. The molecule has 0 aromatic carbocycles. The Morgan fingerprint density at radius 1 is 1.32 bits per heavy atom. The topological polar surface area (TPSA) is 50.7 Å². The summed E-state index contributed by atoms with van der Waals surface area (Å²) in [7, 11) is 0. The molecule has 4 nitrogen and oxygen atoms in total. The van der Waals surface area contributed by atoms with Crippen LogP contribution in [0.15, 0.2) is 18.3 Å². The van der Waals surface area contributed by atoms with Gasteiger partial charge in [0, 0.05) is 18.4 Å². The second-order valence-corrected chi connectivity index (χ2v) is 4.87. The van der Waals surface area contributed by atoms with E-state index in [1.807, 2.05) is 6.07 Å². The van der Waals surface area contributed by atoms with E-state index in [9.17, 15) is 0 Å². The van der Waals surface area contributed by atoms with Gasteiger partial charge in [0.05, 0.1) is 5.69 Å². The fourth-order valence-electron chi connectivity index (χ4n) is 2.56. The molecule has 0 saturated heterocycles. The number of hydrogen-bond acceptors (Lipinski definition) is 4. The van der Waals surface area contributed by atoms with E-state index in [-0.39, 0.29) is 0 Å². The summed E-state index contributed by atoms with van der Waals surface area (Å²) in [4.78, 5) is 13.9. The second kappa shape index (κ2) is 5.05. The van der Waals surface area contributed by atoms with Gasteiger partial charge in [0.25, 0.3) is 0 Å². The van der Waals surface area contributed by atoms with Gasteiger partial charge in [0.1, 0.15) is 5.69 Å². The highest BCUT2D eigenvalue weighted by atomic mass is 15.0. The van der Waals surface area contributed by atoms with Gasteiger partial charge in [-0.3, -0.25) is 4.98 Å². The Labute approximate surface area is 113 Å². The van der Waals surface area contributed by atoms with Gasteiger partial charge < -0.3 is 5.32 Å². The molecule has 19 heavy (non-hydrogen) atoms. The summed E-state index contributed by atoms with van der Waals surface area (Å²) in [5.74, 6) is 0.761. The number of aryl methyl sites for hydroxylation is 2. The Bertz CT molecular complexity index is 590. The van der Waals surface area contributed by atoms with Gasteiger partial charge in [-0.05, 0) is 43.5 Å². The standard InChI is InChI=1S/C15H18N4/c1-3-12-11-6-8-16-9-13(11)19-15(18-12)14-10(2)5-4-7-17-14/h4-5,7,16H,3,6,8-9H2,1-2H3. The van der Waals surface area contributed by atoms with Crippen LogP contribution in [-0.2, 0) is 19.4 Å². The van der Waals surface area contributed by atoms with Gasteiger partial charge in [-0.15, -0.1) is 0 Å². The molecule has 1 N–H and O–H groups in total. The van der Waals surface area contributed by atoms with E-state index >= 15 is 0 Å². The minimum atomic E-state index is 0.761. The van der Waals surface area contributed by atoms with Crippen LogP contribution in [0.5, 0.6) is 0 Å². The number of pyridine rings is 1. The van der Waals surface area contributed by atoms with E-state index < -0.39 is 0 Å². The molecule has 0 saturated carbocycles. The van der Waals surface area contributed by atoms with Gasteiger partial charge in [-0.1, -0.05) is 13.0 Å². The molecule has 3 heterocycles. The molecule has 98 valence electrons. The summed E-state index contributed by atoms with van der Waals surface area (Å²) in [6.07, 6.45) is 3.78. The summed E-state index contributed by atoms with van der Waals surface area (Å²) < 4.78 is 0. The highest BCUT2D eigenvalue weighted by Crippen LogP contribution is 2.22. The van der Waals surface area contributed by atoms with Crippen molar-refractivity contribution in [2.45, 2.75) is 33.2 Å². The Hall–Kier alpha value is -1.81. The van der Waals surface area contributed by atoms with Crippen molar-refractivity contribution >= 4 is 0 Å². The van der Waals surface area contributed by atoms with Gasteiger partial charge in [-0.25, -0.2) is 9.97 Å². The van der Waals surface area contributed by atoms with Crippen LogP contribution < -0.4 is 5.32 Å². The van der Waals surface area contributed by atoms with Crippen molar-refractivity contribution in [1.29, 1.82) is 0 Å². The number of nitrogens with zero attached hydrogens (tertiary/aromatic N) is 3. The number of fused-ring (bicyclic) bond motifs is 1. The first-order chi connectivity index (χ1) is 9.29. The first-order valence-electron chi connectivity index (χ1n) is 6.81. The van der Waals surface area contributed by atoms with Crippen LogP contribution >= 0.6 is 0 Å². The van der Waals surface area contributed by atoms with Crippen LogP contribution in [0.2, 0.25) is 0 Å². The predicted octanol–water partition coefficient (Wildman–Crippen LogP) is 2.06. The Balaban J connectivity index is 2.15. The van der Waals surface area contributed by atoms with E-state index in [0.29, 0.717) is 0 Å². The van der Waals surface area contributed by atoms with Crippen LogP contribution in [-0.4, -0.2) is 21.5 Å². The minimum Gasteiger partial charge on any atom is -0.311 e. The lowest BCUT2D eigenvalue weighted by Gasteiger charge is -2.19. The van der Waals surface area contributed by atoms with Crippen LogP contribution in [0.3, 0.4) is 0 Å². The maximum absolute atomic E-state index is 4.73. The number of hydrogen-bond donors (Lipinski definition) is 1. The minimum absolute atomic E-state index is 0.761. The van der Waals surface area contributed by atoms with E-state index in [2.05, 4.69) is 30.2 Å². The van der Waals surface area contributed by atoms with Crippen molar-refractivity contribution in [3.05, 3.63) is 40.8 Å². The molecule has 0 aliphatic carbocycles. The lowest BCUT2D eigenvalue weighted by Crippen LogP contribution is -2.26. The summed E-state index contributed by atoms with van der Waals surface area (Å²) in [5.41, 5.74) is 5.65. The zero-order chi connectivity index (χ0) is 13.2. The molecule has 0 radical (unpaired) electrons. The number of rotatable bonds is 2. The first kappa shape index (κ1) is 12.2. The summed E-state index contributed by atoms with van der Waals surface area (Å²) >= 11 is 0. The summed E-state index contributed by atoms with van der Waals surface area (Å²) in [5, 5.41) is 3.37. The molecule has 0 fully saturated rings. The predicted molar refractivity (Wildman–Crippen MR) is 74.8 cm³/mol. The van der Waals surface area contributed by atoms with E-state index in [1.165, 1.54) is 11.3 Å². The maximum Gasteiger partial charge on any atom is 0.178 e. The van der Waals surface area contributed by atoms with E-state index in [0.717, 1.165) is 48.7 Å². The van der Waals surface area contributed by atoms with Gasteiger partial charge >= 0.3 is 0 Å². The average molecular weight is 254 g/mol. The molecule has 0 amide bonds. The quantitative estimate of drug-likeness (QED) is 0.891. The smallest absolute Gasteiger partial charge is 0.178 e. The fourth-order valence-corrected chi connectivity index (χ4v) is 2.56. The van der Waals surface area contributed by atoms with Crippen molar-refractivity contribution < 1.29 is 0 Å². The molecule has 2 aromatic rings. The first-order valence-corrected chi connectivity index (χ1v) is 6.81. The van der Waals surface area contributed by atoms with E-state index in [1.54, 1.807) is 6.20 Å². The molecule has 0 unspecified atom stereocenters. The maximum atomic E-state index is 4.73. The lowest BCUT2D eigenvalue weighted by molar-refractivity contribution is 0.616. The molecular weight excluding hydrogens is 236 g/mol. The van der Waals surface area contributed by atoms with Crippen molar-refractivity contribution in [1.82, 2.24) is 20.3 Å². The molecule has 0 spiro atoms. The normalized spacial score (nSPS) is 14.2. The molecule has 1 aliphatic heterocycles. The van der Waals surface area contributed by atoms with Crippen molar-refractivity contribution in [2.75, 3.05) is 6.54 Å². The molecule has 4 heteroatoms. The largest absolute Gasteiger partial charge is 0.311 e. The van der Waals surface area contributed by atoms with Crippen molar-refractivity contribution in [3.8, 4) is 11.5 Å². The molecule has 1 aliphatic rings. The third kappa shape index (κ3) is 2.24. The van der Waals surface area contributed by atoms with Crippen LogP contribution in [0.4, 0.5) is 0 Å². The van der Waals surface area contributed by atoms with Crippen LogP contribution in [0.25, 0.3) is 11.5 Å². The second-order valence-electron chi connectivity index (χ2n) is 4.87. The molecule has 3 rings (SSSR count). The van der Waals surface area contributed by atoms with E-state index in [4.69, 9.17) is 9.97 Å². The van der Waals surface area contributed by atoms with Crippen molar-refractivity contribution in [2.24, 2.45) is 0 Å². The fraction of sp³-hybridized carbons (Fsp3) is 0.400. The number of aromatic nitrogens is 3. The third-order valence-corrected chi connectivity index (χ3v) is 3.58. The van der Waals surface area contributed by atoms with Crippen LogP contribution in [0, 0.1) is 6.92 Å².